The summed E-state index contributed by atoms with van der Waals surface area (Å²) in [4.78, 5) is 10.6. The molecule has 0 bridgehead atoms. The molecule has 0 aliphatic rings. The average Bonchev–Trinajstić information content (AvgIpc) is 2.72. The van der Waals surface area contributed by atoms with Crippen LogP contribution in [0, 0.1) is 18.3 Å². The van der Waals surface area contributed by atoms with Crippen LogP contribution in [-0.4, -0.2) is 47.1 Å². The van der Waals surface area contributed by atoms with Gasteiger partial charge < -0.3 is 5.11 Å². The van der Waals surface area contributed by atoms with E-state index in [0.29, 0.717) is 0 Å². The van der Waals surface area contributed by atoms with Gasteiger partial charge in [-0.3, -0.25) is 5.10 Å². The first-order valence-corrected chi connectivity index (χ1v) is 6.95. The standard InChI is InChI=1S/C10H14N4O4S/c1-3-14(6-4-5-11)19(17,18)9-7(2)12-13-8(9)10(15)16/h3-4,6H2,1-2H3,(H,12,13)(H,15,16). The predicted molar refractivity (Wildman–Crippen MR) is 64.9 cm³/mol. The molecule has 1 aromatic heterocycles. The molecule has 0 aliphatic carbocycles. The Balaban J connectivity index is 3.30. The fraction of sp³-hybridized carbons (Fsp3) is 0.500. The number of nitrogens with zero attached hydrogens (tertiary/aromatic N) is 3. The van der Waals surface area contributed by atoms with Crippen LogP contribution in [0.4, 0.5) is 0 Å². The quantitative estimate of drug-likeness (QED) is 0.776. The van der Waals surface area contributed by atoms with E-state index in [9.17, 15) is 13.2 Å². The molecule has 2 N–H and O–H groups in total. The lowest BCUT2D eigenvalue weighted by Crippen LogP contribution is -2.33. The van der Waals surface area contributed by atoms with Gasteiger partial charge in [0, 0.05) is 19.5 Å². The maximum Gasteiger partial charge on any atom is 0.357 e. The van der Waals surface area contributed by atoms with Crippen molar-refractivity contribution in [2.45, 2.75) is 25.2 Å². The second-order valence-corrected chi connectivity index (χ2v) is 5.61. The highest BCUT2D eigenvalue weighted by atomic mass is 32.2. The molecule has 0 aliphatic heterocycles. The zero-order valence-electron chi connectivity index (χ0n) is 10.5. The van der Waals surface area contributed by atoms with Gasteiger partial charge in [0.05, 0.1) is 11.8 Å². The largest absolute Gasteiger partial charge is 0.476 e. The van der Waals surface area contributed by atoms with Crippen LogP contribution in [0.15, 0.2) is 4.90 Å². The molecular formula is C10H14N4O4S. The Labute approximate surface area is 110 Å². The van der Waals surface area contributed by atoms with Gasteiger partial charge in [-0.25, -0.2) is 13.2 Å². The van der Waals surface area contributed by atoms with Gasteiger partial charge in [0.2, 0.25) is 10.0 Å². The number of carboxylic acid groups (broad SMARTS) is 1. The van der Waals surface area contributed by atoms with Crippen molar-refractivity contribution in [3.8, 4) is 6.07 Å². The summed E-state index contributed by atoms with van der Waals surface area (Å²) in [7, 11) is -3.98. The SMILES string of the molecule is CCN(CCC#N)S(=O)(=O)c1c(C(=O)O)n[nH]c1C. The van der Waals surface area contributed by atoms with Crippen LogP contribution < -0.4 is 0 Å². The smallest absolute Gasteiger partial charge is 0.357 e. The second-order valence-electron chi connectivity index (χ2n) is 3.74. The van der Waals surface area contributed by atoms with Crippen LogP contribution in [0.2, 0.25) is 0 Å². The summed E-state index contributed by atoms with van der Waals surface area (Å²) in [6, 6.07) is 1.86. The van der Waals surface area contributed by atoms with E-state index < -0.39 is 21.7 Å². The minimum absolute atomic E-state index is 0.0129. The molecule has 0 fully saturated rings. The first kappa shape index (κ1) is 15.1. The number of sulfonamides is 1. The maximum absolute atomic E-state index is 12.4. The Morgan fingerprint density at radius 3 is 2.68 bits per heavy atom. The number of carbonyl (C=O) groups is 1. The van der Waals surface area contributed by atoms with Gasteiger partial charge >= 0.3 is 5.97 Å². The lowest BCUT2D eigenvalue weighted by molar-refractivity contribution is 0.0686. The van der Waals surface area contributed by atoms with E-state index in [-0.39, 0.29) is 30.1 Å². The first-order chi connectivity index (χ1) is 8.86. The topological polar surface area (TPSA) is 127 Å². The molecule has 0 radical (unpaired) electrons. The van der Waals surface area contributed by atoms with E-state index in [4.69, 9.17) is 10.4 Å². The summed E-state index contributed by atoms with van der Waals surface area (Å²) in [6.07, 6.45) is 0.0341. The molecule has 1 rings (SSSR count). The number of rotatable bonds is 6. The summed E-state index contributed by atoms with van der Waals surface area (Å²) in [5.74, 6) is -1.42. The molecule has 0 atom stereocenters. The van der Waals surface area contributed by atoms with Crippen LogP contribution in [-0.2, 0) is 10.0 Å². The lowest BCUT2D eigenvalue weighted by atomic mass is 10.4. The number of aryl methyl sites for hydroxylation is 1. The summed E-state index contributed by atoms with van der Waals surface area (Å²) in [5, 5.41) is 23.3. The fourth-order valence-electron chi connectivity index (χ4n) is 1.63. The third kappa shape index (κ3) is 2.91. The number of nitriles is 1. The molecular weight excluding hydrogens is 272 g/mol. The molecule has 1 aromatic rings. The predicted octanol–water partition coefficient (Wildman–Crippen LogP) is 0.341. The van der Waals surface area contributed by atoms with Crippen molar-refractivity contribution in [2.75, 3.05) is 13.1 Å². The highest BCUT2D eigenvalue weighted by Crippen LogP contribution is 2.22. The average molecular weight is 286 g/mol. The van der Waals surface area contributed by atoms with Gasteiger partial charge in [-0.2, -0.15) is 14.7 Å². The highest BCUT2D eigenvalue weighted by molar-refractivity contribution is 7.89. The second kappa shape index (κ2) is 5.81. The number of aromatic carboxylic acids is 1. The number of hydrogen-bond acceptors (Lipinski definition) is 5. The maximum atomic E-state index is 12.4. The normalized spacial score (nSPS) is 11.5. The van der Waals surface area contributed by atoms with E-state index in [1.54, 1.807) is 6.92 Å². The summed E-state index contributed by atoms with van der Waals surface area (Å²) >= 11 is 0. The third-order valence-corrected chi connectivity index (χ3v) is 4.65. The van der Waals surface area contributed by atoms with Crippen LogP contribution in [0.5, 0.6) is 0 Å². The molecule has 8 nitrogen and oxygen atoms in total. The Kier molecular flexibility index (Phi) is 4.63. The van der Waals surface area contributed by atoms with Crippen LogP contribution >= 0.6 is 0 Å². The van der Waals surface area contributed by atoms with Gasteiger partial charge in [0.25, 0.3) is 0 Å². The Morgan fingerprint density at radius 1 is 1.58 bits per heavy atom. The monoisotopic (exact) mass is 286 g/mol. The number of H-pyrrole nitrogens is 1. The molecule has 19 heavy (non-hydrogen) atoms. The number of nitrogens with one attached hydrogen (secondary N) is 1. The summed E-state index contributed by atoms with van der Waals surface area (Å²) < 4.78 is 25.8. The first-order valence-electron chi connectivity index (χ1n) is 5.51. The number of carboxylic acids is 1. The lowest BCUT2D eigenvalue weighted by Gasteiger charge is -2.19. The highest BCUT2D eigenvalue weighted by Gasteiger charge is 2.32. The van der Waals surface area contributed by atoms with Crippen molar-refractivity contribution in [1.29, 1.82) is 5.26 Å². The molecule has 0 spiro atoms. The van der Waals surface area contributed by atoms with Crippen LogP contribution in [0.3, 0.4) is 0 Å². The summed E-state index contributed by atoms with van der Waals surface area (Å²) in [6.45, 7) is 3.21. The minimum atomic E-state index is -3.98. The van der Waals surface area contributed by atoms with E-state index in [0.717, 1.165) is 4.31 Å². The van der Waals surface area contributed by atoms with Gasteiger partial charge in [-0.1, -0.05) is 6.92 Å². The van der Waals surface area contributed by atoms with Crippen molar-refractivity contribution in [2.24, 2.45) is 0 Å². The van der Waals surface area contributed by atoms with Crippen molar-refractivity contribution < 1.29 is 18.3 Å². The van der Waals surface area contributed by atoms with E-state index >= 15 is 0 Å². The third-order valence-electron chi connectivity index (χ3n) is 2.52. The molecule has 0 aromatic carbocycles. The van der Waals surface area contributed by atoms with Gasteiger partial charge in [-0.15, -0.1) is 0 Å². The molecule has 0 saturated carbocycles. The van der Waals surface area contributed by atoms with E-state index in [1.165, 1.54) is 6.92 Å². The molecule has 0 unspecified atom stereocenters. The molecule has 0 saturated heterocycles. The Bertz CT molecular complexity index is 614. The van der Waals surface area contributed by atoms with Gasteiger partial charge in [0.1, 0.15) is 4.90 Å². The van der Waals surface area contributed by atoms with Gasteiger partial charge in [0.15, 0.2) is 5.69 Å². The molecule has 104 valence electrons. The van der Waals surface area contributed by atoms with Crippen molar-refractivity contribution in [3.63, 3.8) is 0 Å². The van der Waals surface area contributed by atoms with E-state index in [1.807, 2.05) is 6.07 Å². The fourth-order valence-corrected chi connectivity index (χ4v) is 3.37. The van der Waals surface area contributed by atoms with Crippen LogP contribution in [0.1, 0.15) is 29.5 Å². The Morgan fingerprint density at radius 2 is 2.21 bits per heavy atom. The number of hydrogen-bond donors (Lipinski definition) is 2. The zero-order valence-corrected chi connectivity index (χ0v) is 11.4. The zero-order chi connectivity index (χ0) is 14.6. The number of aromatic nitrogens is 2. The van der Waals surface area contributed by atoms with Crippen molar-refractivity contribution in [3.05, 3.63) is 11.4 Å². The summed E-state index contributed by atoms with van der Waals surface area (Å²) in [5.41, 5.74) is -0.374. The van der Waals surface area contributed by atoms with Crippen LogP contribution in [0.25, 0.3) is 0 Å². The van der Waals surface area contributed by atoms with Crippen molar-refractivity contribution in [1.82, 2.24) is 14.5 Å². The van der Waals surface area contributed by atoms with Crippen molar-refractivity contribution >= 4 is 16.0 Å². The van der Waals surface area contributed by atoms with Gasteiger partial charge in [-0.05, 0) is 6.92 Å². The minimum Gasteiger partial charge on any atom is -0.476 e. The molecule has 0 amide bonds. The molecule has 9 heteroatoms. The van der Waals surface area contributed by atoms with E-state index in [2.05, 4.69) is 10.2 Å². The number of aromatic amines is 1. The Hall–Kier alpha value is -1.92. The molecule has 1 heterocycles.